The molecule has 3 rings (SSSR count). The number of quaternary nitrogens is 1. The Morgan fingerprint density at radius 2 is 1.96 bits per heavy atom. The molecule has 1 aromatic carbocycles. The number of rotatable bonds is 8. The molecule has 0 saturated carbocycles. The first kappa shape index (κ1) is 21.0. The maximum atomic E-state index is 12.6. The average Bonchev–Trinajstić information content (AvgIpc) is 2.71. The monoisotopic (exact) mass is 390 g/mol. The largest absolute Gasteiger partial charge is 0.493 e. The molecule has 0 N–H and O–H groups in total. The van der Waals surface area contributed by atoms with Crippen LogP contribution in [0.25, 0.3) is 0 Å². The quantitative estimate of drug-likeness (QED) is 0.374. The van der Waals surface area contributed by atoms with Gasteiger partial charge in [-0.3, -0.25) is 0 Å². The second-order valence-corrected chi connectivity index (χ2v) is 8.56. The molecule has 0 aliphatic carbocycles. The SMILES string of the molecule is CCCCOc1ccc(C(=O)OC[C@H]2CCC[N+]3(C)CCCCC23)cc1OC. The first-order valence-corrected chi connectivity index (χ1v) is 10.9. The lowest BCUT2D eigenvalue weighted by atomic mass is 9.82. The van der Waals surface area contributed by atoms with E-state index in [0.29, 0.717) is 42.2 Å². The van der Waals surface area contributed by atoms with Crippen LogP contribution in [0.15, 0.2) is 18.2 Å². The molecule has 2 fully saturated rings. The van der Waals surface area contributed by atoms with E-state index >= 15 is 0 Å². The fraction of sp³-hybridized carbons (Fsp3) is 0.696. The Kier molecular flexibility index (Phi) is 7.22. The first-order chi connectivity index (χ1) is 13.6. The lowest BCUT2D eigenvalue weighted by Crippen LogP contribution is -2.61. The maximum Gasteiger partial charge on any atom is 0.338 e. The molecule has 0 spiro atoms. The zero-order valence-electron chi connectivity index (χ0n) is 17.7. The van der Waals surface area contributed by atoms with E-state index in [1.165, 1.54) is 49.7 Å². The van der Waals surface area contributed by atoms with Crippen LogP contribution < -0.4 is 9.47 Å². The summed E-state index contributed by atoms with van der Waals surface area (Å²) < 4.78 is 18.1. The molecule has 0 radical (unpaired) electrons. The summed E-state index contributed by atoms with van der Waals surface area (Å²) >= 11 is 0. The van der Waals surface area contributed by atoms with Gasteiger partial charge in [-0.05, 0) is 50.3 Å². The molecule has 5 heteroatoms. The topological polar surface area (TPSA) is 44.8 Å². The van der Waals surface area contributed by atoms with Crippen molar-refractivity contribution in [2.24, 2.45) is 5.92 Å². The fourth-order valence-electron chi connectivity index (χ4n) is 4.93. The highest BCUT2D eigenvalue weighted by molar-refractivity contribution is 5.90. The van der Waals surface area contributed by atoms with Gasteiger partial charge in [-0.1, -0.05) is 13.3 Å². The van der Waals surface area contributed by atoms with Gasteiger partial charge in [-0.2, -0.15) is 0 Å². The lowest BCUT2D eigenvalue weighted by molar-refractivity contribution is -0.947. The van der Waals surface area contributed by atoms with E-state index < -0.39 is 0 Å². The van der Waals surface area contributed by atoms with Crippen LogP contribution in [-0.2, 0) is 4.74 Å². The Bertz CT molecular complexity index is 658. The van der Waals surface area contributed by atoms with Crippen LogP contribution in [0.4, 0.5) is 0 Å². The van der Waals surface area contributed by atoms with Crippen LogP contribution >= 0.6 is 0 Å². The summed E-state index contributed by atoms with van der Waals surface area (Å²) in [5, 5.41) is 0. The van der Waals surface area contributed by atoms with E-state index in [1.807, 2.05) is 0 Å². The highest BCUT2D eigenvalue weighted by Gasteiger charge is 2.43. The Hall–Kier alpha value is -1.75. The van der Waals surface area contributed by atoms with Gasteiger partial charge in [0, 0.05) is 12.3 Å². The second kappa shape index (κ2) is 9.64. The average molecular weight is 391 g/mol. The molecule has 28 heavy (non-hydrogen) atoms. The summed E-state index contributed by atoms with van der Waals surface area (Å²) in [6.45, 7) is 5.84. The van der Waals surface area contributed by atoms with E-state index in [4.69, 9.17) is 14.2 Å². The Balaban J connectivity index is 1.59. The molecule has 3 atom stereocenters. The summed E-state index contributed by atoms with van der Waals surface area (Å²) in [5.41, 5.74) is 0.524. The number of methoxy groups -OCH3 is 1. The number of esters is 1. The Morgan fingerprint density at radius 3 is 2.75 bits per heavy atom. The minimum atomic E-state index is -0.269. The zero-order valence-corrected chi connectivity index (χ0v) is 17.7. The van der Waals surface area contributed by atoms with Crippen LogP contribution in [-0.4, -0.2) is 57.0 Å². The highest BCUT2D eigenvalue weighted by atomic mass is 16.5. The molecule has 2 heterocycles. The number of carbonyl (C=O) groups excluding carboxylic acids is 1. The molecule has 5 nitrogen and oxygen atoms in total. The van der Waals surface area contributed by atoms with Crippen LogP contribution in [0.5, 0.6) is 11.5 Å². The first-order valence-electron chi connectivity index (χ1n) is 10.9. The number of nitrogens with zero attached hydrogens (tertiary/aromatic N) is 1. The van der Waals surface area contributed by atoms with Crippen LogP contribution in [0.2, 0.25) is 0 Å². The van der Waals surface area contributed by atoms with Crippen molar-refractivity contribution in [1.82, 2.24) is 0 Å². The standard InChI is InChI=1S/C23H36NO4/c1-4-5-15-27-21-12-11-18(16-22(21)26-3)23(25)28-17-19-9-8-14-24(2)13-7-6-10-20(19)24/h11-12,16,19-20H,4-10,13-15,17H2,1-3H3/q+1/t19-,20?,24?/m1/s1. The number of fused-ring (bicyclic) bond motifs is 1. The van der Waals surface area contributed by atoms with E-state index in [2.05, 4.69) is 14.0 Å². The highest BCUT2D eigenvalue weighted by Crippen LogP contribution is 2.36. The molecule has 2 saturated heterocycles. The van der Waals surface area contributed by atoms with E-state index in [9.17, 15) is 4.79 Å². The molecule has 2 aliphatic heterocycles. The van der Waals surface area contributed by atoms with Gasteiger partial charge in [0.05, 0.1) is 45.5 Å². The van der Waals surface area contributed by atoms with Gasteiger partial charge in [0.25, 0.3) is 0 Å². The molecule has 0 amide bonds. The second-order valence-electron chi connectivity index (χ2n) is 8.56. The van der Waals surface area contributed by atoms with E-state index in [0.717, 1.165) is 12.8 Å². The van der Waals surface area contributed by atoms with Crippen LogP contribution in [0, 0.1) is 5.92 Å². The fourth-order valence-corrected chi connectivity index (χ4v) is 4.93. The number of benzene rings is 1. The van der Waals surface area contributed by atoms with Gasteiger partial charge in [0.15, 0.2) is 11.5 Å². The smallest absolute Gasteiger partial charge is 0.338 e. The molecule has 0 aromatic heterocycles. The third-order valence-corrected chi connectivity index (χ3v) is 6.59. The number of hydrogen-bond acceptors (Lipinski definition) is 4. The van der Waals surface area contributed by atoms with Gasteiger partial charge in [-0.15, -0.1) is 0 Å². The Labute approximate surface area is 169 Å². The van der Waals surface area contributed by atoms with Gasteiger partial charge in [0.2, 0.25) is 0 Å². The summed E-state index contributed by atoms with van der Waals surface area (Å²) in [6, 6.07) is 5.94. The van der Waals surface area contributed by atoms with E-state index in [1.54, 1.807) is 25.3 Å². The van der Waals surface area contributed by atoms with Crippen LogP contribution in [0.3, 0.4) is 0 Å². The van der Waals surface area contributed by atoms with Gasteiger partial charge in [-0.25, -0.2) is 4.79 Å². The zero-order chi connectivity index (χ0) is 20.0. The lowest BCUT2D eigenvalue weighted by Gasteiger charge is -2.51. The van der Waals surface area contributed by atoms with E-state index in [-0.39, 0.29) is 5.97 Å². The van der Waals surface area contributed by atoms with Gasteiger partial charge >= 0.3 is 5.97 Å². The van der Waals surface area contributed by atoms with Crippen molar-refractivity contribution in [2.45, 2.75) is 57.9 Å². The molecule has 2 aliphatic rings. The predicted molar refractivity (Wildman–Crippen MR) is 110 cm³/mol. The maximum absolute atomic E-state index is 12.6. The molecule has 156 valence electrons. The molecular formula is C23H36NO4+. The van der Waals surface area contributed by atoms with Gasteiger partial charge < -0.3 is 18.7 Å². The van der Waals surface area contributed by atoms with Crippen molar-refractivity contribution in [1.29, 1.82) is 0 Å². The number of hydrogen-bond donors (Lipinski definition) is 0. The summed E-state index contributed by atoms with van der Waals surface area (Å²) in [6.07, 6.45) is 8.35. The third-order valence-electron chi connectivity index (χ3n) is 6.59. The summed E-state index contributed by atoms with van der Waals surface area (Å²) in [5.74, 6) is 1.46. The molecular weight excluding hydrogens is 354 g/mol. The molecule has 0 bridgehead atoms. The third kappa shape index (κ3) is 4.80. The number of piperidine rings is 2. The number of unbranched alkanes of at least 4 members (excludes halogenated alkanes) is 1. The molecule has 1 aromatic rings. The van der Waals surface area contributed by atoms with Crippen molar-refractivity contribution in [3.63, 3.8) is 0 Å². The van der Waals surface area contributed by atoms with Crippen molar-refractivity contribution in [3.05, 3.63) is 23.8 Å². The minimum Gasteiger partial charge on any atom is -0.493 e. The minimum absolute atomic E-state index is 0.269. The Morgan fingerprint density at radius 1 is 1.14 bits per heavy atom. The normalized spacial score (nSPS) is 27.0. The number of carbonyl (C=O) groups is 1. The van der Waals surface area contributed by atoms with Crippen molar-refractivity contribution in [2.75, 3.05) is 40.5 Å². The number of ether oxygens (including phenoxy) is 3. The molecule has 2 unspecified atom stereocenters. The van der Waals surface area contributed by atoms with Crippen LogP contribution in [0.1, 0.15) is 62.2 Å². The van der Waals surface area contributed by atoms with Crippen molar-refractivity contribution < 1.29 is 23.5 Å². The summed E-state index contributed by atoms with van der Waals surface area (Å²) in [7, 11) is 3.99. The van der Waals surface area contributed by atoms with Gasteiger partial charge in [0.1, 0.15) is 6.61 Å². The van der Waals surface area contributed by atoms with Crippen molar-refractivity contribution in [3.8, 4) is 11.5 Å². The predicted octanol–water partition coefficient (Wildman–Crippen LogP) is 4.44. The van der Waals surface area contributed by atoms with Crippen molar-refractivity contribution >= 4 is 5.97 Å². The summed E-state index contributed by atoms with van der Waals surface area (Å²) in [4.78, 5) is 12.6.